The van der Waals surface area contributed by atoms with Crippen molar-refractivity contribution in [1.29, 1.82) is 0 Å². The Bertz CT molecular complexity index is 1630. The molecule has 0 aliphatic heterocycles. The molecule has 4 aromatic carbocycles. The minimum Gasteiger partial charge on any atom is -0.507 e. The second-order valence-electron chi connectivity index (χ2n) is 8.00. The van der Waals surface area contributed by atoms with Gasteiger partial charge in [0.15, 0.2) is 0 Å². The van der Waals surface area contributed by atoms with Gasteiger partial charge in [-0.2, -0.15) is 18.3 Å². The number of phenols is 1. The molecule has 4 rings (SSSR count). The molecule has 196 valence electrons. The number of carbonyl (C=O) groups is 1. The molecule has 0 saturated heterocycles. The maximum atomic E-state index is 13.4. The average molecular weight is 562 g/mol. The molecule has 0 radical (unpaired) electrons. The molecular weight excluding hydrogens is 543 g/mol. The van der Waals surface area contributed by atoms with E-state index in [9.17, 15) is 31.5 Å². The van der Waals surface area contributed by atoms with Crippen LogP contribution in [0.3, 0.4) is 0 Å². The molecular formula is C26H19ClF3N3O4S. The van der Waals surface area contributed by atoms with Crippen LogP contribution in [0.15, 0.2) is 94.9 Å². The molecule has 0 fully saturated rings. The Morgan fingerprint density at radius 2 is 1.68 bits per heavy atom. The van der Waals surface area contributed by atoms with Crippen LogP contribution in [0, 0.1) is 0 Å². The molecule has 0 bridgehead atoms. The fraction of sp³-hybridized carbons (Fsp3) is 0.0769. The summed E-state index contributed by atoms with van der Waals surface area (Å²) in [6.07, 6.45) is -3.60. The van der Waals surface area contributed by atoms with Crippen LogP contribution in [0.2, 0.25) is 5.02 Å². The predicted molar refractivity (Wildman–Crippen MR) is 139 cm³/mol. The highest BCUT2D eigenvalue weighted by molar-refractivity contribution is 7.92. The van der Waals surface area contributed by atoms with Crippen LogP contribution >= 0.6 is 11.6 Å². The van der Waals surface area contributed by atoms with E-state index in [1.807, 2.05) is 12.1 Å². The van der Waals surface area contributed by atoms with Gasteiger partial charge in [0.25, 0.3) is 15.9 Å². The van der Waals surface area contributed by atoms with Crippen LogP contribution in [0.4, 0.5) is 18.9 Å². The van der Waals surface area contributed by atoms with E-state index >= 15 is 0 Å². The first kappa shape index (κ1) is 27.0. The minimum absolute atomic E-state index is 0.106. The van der Waals surface area contributed by atoms with E-state index in [-0.39, 0.29) is 15.7 Å². The monoisotopic (exact) mass is 561 g/mol. The third kappa shape index (κ3) is 5.74. The first-order valence-electron chi connectivity index (χ1n) is 11.0. The Balaban J connectivity index is 1.67. The quantitative estimate of drug-likeness (QED) is 0.228. The van der Waals surface area contributed by atoms with Crippen LogP contribution < -0.4 is 9.73 Å². The number of hydrogen-bond donors (Lipinski definition) is 2. The van der Waals surface area contributed by atoms with Crippen LogP contribution in [0.1, 0.15) is 11.1 Å². The summed E-state index contributed by atoms with van der Waals surface area (Å²) in [5, 5.41) is 15.2. The van der Waals surface area contributed by atoms with Crippen molar-refractivity contribution in [3.05, 3.63) is 101 Å². The number of benzene rings is 4. The van der Waals surface area contributed by atoms with Gasteiger partial charge in [-0.1, -0.05) is 60.1 Å². The number of fused-ring (bicyclic) bond motifs is 1. The number of hydrogen-bond acceptors (Lipinski definition) is 5. The fourth-order valence-corrected chi connectivity index (χ4v) is 5.38. The van der Waals surface area contributed by atoms with Crippen molar-refractivity contribution in [3.63, 3.8) is 0 Å². The Kier molecular flexibility index (Phi) is 7.61. The van der Waals surface area contributed by atoms with Crippen LogP contribution in [-0.2, 0) is 21.0 Å². The second-order valence-corrected chi connectivity index (χ2v) is 10.3. The molecule has 4 aromatic rings. The second kappa shape index (κ2) is 10.7. The summed E-state index contributed by atoms with van der Waals surface area (Å²) in [5.74, 6) is -1.07. The minimum atomic E-state index is -4.78. The van der Waals surface area contributed by atoms with Gasteiger partial charge >= 0.3 is 6.18 Å². The number of nitrogens with one attached hydrogen (secondary N) is 1. The Morgan fingerprint density at radius 3 is 2.39 bits per heavy atom. The summed E-state index contributed by atoms with van der Waals surface area (Å²) in [7, 11) is -4.52. The number of rotatable bonds is 7. The van der Waals surface area contributed by atoms with Gasteiger partial charge in [0.05, 0.1) is 27.4 Å². The first-order chi connectivity index (χ1) is 18.0. The number of phenolic OH excluding ortho intramolecular Hbond substituents is 1. The molecule has 0 heterocycles. The van der Waals surface area contributed by atoms with Crippen molar-refractivity contribution in [2.75, 3.05) is 10.8 Å². The number of nitrogens with zero attached hydrogens (tertiary/aromatic N) is 2. The van der Waals surface area contributed by atoms with Gasteiger partial charge < -0.3 is 5.11 Å². The Morgan fingerprint density at radius 1 is 1.00 bits per heavy atom. The molecule has 38 heavy (non-hydrogen) atoms. The topological polar surface area (TPSA) is 99.1 Å². The van der Waals surface area contributed by atoms with Crippen molar-refractivity contribution in [2.24, 2.45) is 5.10 Å². The average Bonchev–Trinajstić information content (AvgIpc) is 2.89. The van der Waals surface area contributed by atoms with E-state index in [0.717, 1.165) is 11.5 Å². The summed E-state index contributed by atoms with van der Waals surface area (Å²) >= 11 is 6.11. The standard InChI is InChI=1S/C26H19ClF3N3O4S/c27-22-12-11-18(26(28,29)30)14-23(22)33(38(36,37)19-7-2-1-3-8-19)16-25(35)32-31-15-21-20-9-5-4-6-17(20)10-13-24(21)34/h1-15,34H,16H2,(H,32,35)/b31-15+. The molecule has 0 spiro atoms. The van der Waals surface area contributed by atoms with Gasteiger partial charge in [0.1, 0.15) is 12.3 Å². The molecule has 0 aliphatic rings. The number of alkyl halides is 3. The zero-order valence-electron chi connectivity index (χ0n) is 19.4. The smallest absolute Gasteiger partial charge is 0.416 e. The number of anilines is 1. The lowest BCUT2D eigenvalue weighted by molar-refractivity contribution is -0.137. The van der Waals surface area contributed by atoms with E-state index in [1.165, 1.54) is 36.5 Å². The Hall–Kier alpha value is -4.09. The van der Waals surface area contributed by atoms with Gasteiger partial charge in [-0.3, -0.25) is 9.10 Å². The molecule has 2 N–H and O–H groups in total. The number of sulfonamides is 1. The van der Waals surface area contributed by atoms with Crippen molar-refractivity contribution in [2.45, 2.75) is 11.1 Å². The molecule has 12 heteroatoms. The number of halogens is 4. The van der Waals surface area contributed by atoms with Crippen molar-refractivity contribution < 1.29 is 31.5 Å². The van der Waals surface area contributed by atoms with E-state index in [1.54, 1.807) is 24.3 Å². The maximum Gasteiger partial charge on any atom is 0.416 e. The number of hydrazone groups is 1. The SMILES string of the molecule is O=C(CN(c1cc(C(F)(F)F)ccc1Cl)S(=O)(=O)c1ccccc1)N/N=C/c1c(O)ccc2ccccc12. The number of amides is 1. The fourth-order valence-electron chi connectivity index (χ4n) is 3.65. The highest BCUT2D eigenvalue weighted by Crippen LogP contribution is 2.37. The van der Waals surface area contributed by atoms with Gasteiger partial charge in [0, 0.05) is 5.56 Å². The van der Waals surface area contributed by atoms with Gasteiger partial charge in [-0.15, -0.1) is 0 Å². The van der Waals surface area contributed by atoms with Crippen LogP contribution in [-0.4, -0.2) is 32.2 Å². The third-order valence-electron chi connectivity index (χ3n) is 5.49. The highest BCUT2D eigenvalue weighted by Gasteiger charge is 2.34. The van der Waals surface area contributed by atoms with Gasteiger partial charge in [-0.05, 0) is 47.2 Å². The maximum absolute atomic E-state index is 13.4. The van der Waals surface area contributed by atoms with Crippen molar-refractivity contribution in [1.82, 2.24) is 5.43 Å². The van der Waals surface area contributed by atoms with Crippen LogP contribution in [0.25, 0.3) is 10.8 Å². The predicted octanol–water partition coefficient (Wildman–Crippen LogP) is 5.56. The summed E-state index contributed by atoms with van der Waals surface area (Å²) in [6, 6.07) is 19.3. The number of aromatic hydroxyl groups is 1. The van der Waals surface area contributed by atoms with Crippen LogP contribution in [0.5, 0.6) is 5.75 Å². The zero-order chi connectivity index (χ0) is 27.5. The lowest BCUT2D eigenvalue weighted by Gasteiger charge is -2.25. The normalized spacial score (nSPS) is 12.1. The molecule has 0 unspecified atom stereocenters. The van der Waals surface area contributed by atoms with E-state index < -0.39 is 39.9 Å². The lowest BCUT2D eigenvalue weighted by atomic mass is 10.0. The van der Waals surface area contributed by atoms with Crippen molar-refractivity contribution in [3.8, 4) is 5.75 Å². The summed E-state index contributed by atoms with van der Waals surface area (Å²) in [5.41, 5.74) is 0.788. The lowest BCUT2D eigenvalue weighted by Crippen LogP contribution is -2.40. The van der Waals surface area contributed by atoms with E-state index in [2.05, 4.69) is 10.5 Å². The molecule has 7 nitrogen and oxygen atoms in total. The molecule has 0 aliphatic carbocycles. The molecule has 0 saturated carbocycles. The molecule has 1 amide bonds. The molecule has 0 aromatic heterocycles. The summed E-state index contributed by atoms with van der Waals surface area (Å²) < 4.78 is 67.5. The van der Waals surface area contributed by atoms with Gasteiger partial charge in [-0.25, -0.2) is 13.8 Å². The number of carbonyl (C=O) groups excluding carboxylic acids is 1. The molecule has 0 atom stereocenters. The summed E-state index contributed by atoms with van der Waals surface area (Å²) in [6.45, 7) is -0.933. The largest absolute Gasteiger partial charge is 0.507 e. The van der Waals surface area contributed by atoms with Gasteiger partial charge in [0.2, 0.25) is 0 Å². The zero-order valence-corrected chi connectivity index (χ0v) is 20.9. The highest BCUT2D eigenvalue weighted by atomic mass is 35.5. The third-order valence-corrected chi connectivity index (χ3v) is 7.58. The Labute approximate surface area is 220 Å². The van der Waals surface area contributed by atoms with E-state index in [4.69, 9.17) is 11.6 Å². The first-order valence-corrected chi connectivity index (χ1v) is 12.8. The van der Waals surface area contributed by atoms with E-state index in [0.29, 0.717) is 27.4 Å². The summed E-state index contributed by atoms with van der Waals surface area (Å²) in [4.78, 5) is 12.5. The van der Waals surface area contributed by atoms with Crippen molar-refractivity contribution >= 4 is 50.2 Å².